The van der Waals surface area contributed by atoms with Gasteiger partial charge in [-0.1, -0.05) is 22.0 Å². The average molecular weight is 388 g/mol. The molecule has 0 bridgehead atoms. The van der Waals surface area contributed by atoms with Gasteiger partial charge in [0.1, 0.15) is 11.5 Å². The van der Waals surface area contributed by atoms with Crippen LogP contribution in [0.25, 0.3) is 11.7 Å². The van der Waals surface area contributed by atoms with Gasteiger partial charge in [0, 0.05) is 41.5 Å². The Balaban J connectivity index is 1.53. The molecule has 0 atom stereocenters. The van der Waals surface area contributed by atoms with Crippen molar-refractivity contribution >= 4 is 33.6 Å². The second kappa shape index (κ2) is 7.40. The van der Waals surface area contributed by atoms with Crippen molar-refractivity contribution in [2.75, 3.05) is 6.54 Å². The third kappa shape index (κ3) is 4.08. The van der Waals surface area contributed by atoms with Crippen molar-refractivity contribution in [3.8, 4) is 0 Å². The lowest BCUT2D eigenvalue weighted by atomic mass is 10.2. The molecule has 0 aliphatic carbocycles. The standard InChI is InChI=1S/C18H15BrFN3O/c19-14-5-6-16(20)13(11-14)4-7-18(24)21-9-8-15-12-23-10-2-1-3-17(23)22-15/h1-7,10-12H,8-9H2,(H,21,24)/b7-4+. The topological polar surface area (TPSA) is 46.4 Å². The molecule has 0 saturated carbocycles. The highest BCUT2D eigenvalue weighted by atomic mass is 79.9. The van der Waals surface area contributed by atoms with Crippen LogP contribution in [0.2, 0.25) is 0 Å². The van der Waals surface area contributed by atoms with Crippen LogP contribution >= 0.6 is 15.9 Å². The van der Waals surface area contributed by atoms with E-state index in [4.69, 9.17) is 0 Å². The maximum absolute atomic E-state index is 13.6. The third-order valence-electron chi connectivity index (χ3n) is 3.47. The largest absolute Gasteiger partial charge is 0.352 e. The van der Waals surface area contributed by atoms with E-state index in [1.54, 1.807) is 12.1 Å². The zero-order valence-electron chi connectivity index (χ0n) is 12.7. The Morgan fingerprint density at radius 1 is 1.33 bits per heavy atom. The number of rotatable bonds is 5. The van der Waals surface area contributed by atoms with E-state index in [0.29, 0.717) is 18.5 Å². The van der Waals surface area contributed by atoms with Crippen molar-refractivity contribution in [3.63, 3.8) is 0 Å². The minimum Gasteiger partial charge on any atom is -0.352 e. The van der Waals surface area contributed by atoms with Crippen molar-refractivity contribution in [1.29, 1.82) is 0 Å². The molecular formula is C18H15BrFN3O. The molecule has 3 aromatic rings. The number of amides is 1. The fourth-order valence-corrected chi connectivity index (χ4v) is 2.67. The van der Waals surface area contributed by atoms with Crippen molar-refractivity contribution in [1.82, 2.24) is 14.7 Å². The van der Waals surface area contributed by atoms with Crippen molar-refractivity contribution in [3.05, 3.63) is 76.4 Å². The molecule has 1 aromatic carbocycles. The minimum absolute atomic E-state index is 0.266. The highest BCUT2D eigenvalue weighted by Crippen LogP contribution is 2.16. The molecule has 0 saturated heterocycles. The number of carbonyl (C=O) groups excluding carboxylic acids is 1. The van der Waals surface area contributed by atoms with Gasteiger partial charge in [-0.05, 0) is 36.4 Å². The summed E-state index contributed by atoms with van der Waals surface area (Å²) < 4.78 is 16.3. The van der Waals surface area contributed by atoms with Crippen molar-refractivity contribution in [2.45, 2.75) is 6.42 Å². The number of fused-ring (bicyclic) bond motifs is 1. The van der Waals surface area contributed by atoms with Gasteiger partial charge < -0.3 is 9.72 Å². The van der Waals surface area contributed by atoms with Gasteiger partial charge in [-0.15, -0.1) is 0 Å². The van der Waals surface area contributed by atoms with E-state index < -0.39 is 0 Å². The zero-order valence-corrected chi connectivity index (χ0v) is 14.3. The number of halogens is 2. The molecule has 24 heavy (non-hydrogen) atoms. The monoisotopic (exact) mass is 387 g/mol. The second-order valence-electron chi connectivity index (χ2n) is 5.24. The smallest absolute Gasteiger partial charge is 0.244 e. The van der Waals surface area contributed by atoms with Crippen LogP contribution in [0.15, 0.2) is 59.3 Å². The number of nitrogens with one attached hydrogen (secondary N) is 1. The molecule has 1 N–H and O–H groups in total. The van der Waals surface area contributed by atoms with Gasteiger partial charge in [-0.25, -0.2) is 9.37 Å². The first-order valence-corrected chi connectivity index (χ1v) is 8.25. The maximum atomic E-state index is 13.6. The van der Waals surface area contributed by atoms with Gasteiger partial charge in [0.05, 0.1) is 5.69 Å². The summed E-state index contributed by atoms with van der Waals surface area (Å²) in [7, 11) is 0. The zero-order chi connectivity index (χ0) is 16.9. The lowest BCUT2D eigenvalue weighted by Gasteiger charge is -2.00. The highest BCUT2D eigenvalue weighted by Gasteiger charge is 2.03. The first-order valence-electron chi connectivity index (χ1n) is 7.45. The van der Waals surface area contributed by atoms with E-state index in [-0.39, 0.29) is 11.7 Å². The van der Waals surface area contributed by atoms with E-state index >= 15 is 0 Å². The van der Waals surface area contributed by atoms with Gasteiger partial charge in [0.15, 0.2) is 0 Å². The summed E-state index contributed by atoms with van der Waals surface area (Å²) in [6.07, 6.45) is 7.29. The molecule has 0 fully saturated rings. The van der Waals surface area contributed by atoms with Crippen LogP contribution in [0.4, 0.5) is 4.39 Å². The van der Waals surface area contributed by atoms with E-state index in [9.17, 15) is 9.18 Å². The Labute approximate surface area is 147 Å². The molecule has 0 radical (unpaired) electrons. The Kier molecular flexibility index (Phi) is 5.05. The van der Waals surface area contributed by atoms with Crippen molar-refractivity contribution in [2.24, 2.45) is 0 Å². The number of nitrogens with zero attached hydrogens (tertiary/aromatic N) is 2. The number of hydrogen-bond acceptors (Lipinski definition) is 2. The molecule has 122 valence electrons. The third-order valence-corrected chi connectivity index (χ3v) is 3.96. The predicted octanol–water partition coefficient (Wildman–Crippen LogP) is 3.61. The van der Waals surface area contributed by atoms with Crippen LogP contribution in [0.1, 0.15) is 11.3 Å². The van der Waals surface area contributed by atoms with Gasteiger partial charge >= 0.3 is 0 Å². The SMILES string of the molecule is O=C(/C=C/c1cc(Br)ccc1F)NCCc1cn2ccccc2n1. The Hall–Kier alpha value is -2.47. The van der Waals surface area contributed by atoms with Crippen LogP contribution in [-0.4, -0.2) is 21.8 Å². The molecule has 0 aliphatic rings. The van der Waals surface area contributed by atoms with Crippen LogP contribution in [-0.2, 0) is 11.2 Å². The summed E-state index contributed by atoms with van der Waals surface area (Å²) in [5.74, 6) is -0.634. The maximum Gasteiger partial charge on any atom is 0.244 e. The Bertz CT molecular complexity index is 871. The normalized spacial score (nSPS) is 11.2. The number of imidazole rings is 1. The van der Waals surface area contributed by atoms with Gasteiger partial charge in [-0.3, -0.25) is 4.79 Å². The summed E-state index contributed by atoms with van der Waals surface area (Å²) >= 11 is 3.28. The lowest BCUT2D eigenvalue weighted by molar-refractivity contribution is -0.116. The van der Waals surface area contributed by atoms with Crippen LogP contribution in [0.5, 0.6) is 0 Å². The molecule has 6 heteroatoms. The highest BCUT2D eigenvalue weighted by molar-refractivity contribution is 9.10. The molecule has 2 heterocycles. The number of pyridine rings is 1. The number of benzene rings is 1. The lowest BCUT2D eigenvalue weighted by Crippen LogP contribution is -2.23. The molecule has 4 nitrogen and oxygen atoms in total. The summed E-state index contributed by atoms with van der Waals surface area (Å²) in [5.41, 5.74) is 2.15. The fraction of sp³-hybridized carbons (Fsp3) is 0.111. The van der Waals surface area contributed by atoms with Crippen LogP contribution in [0.3, 0.4) is 0 Å². The summed E-state index contributed by atoms with van der Waals surface area (Å²) in [5, 5.41) is 2.77. The summed E-state index contributed by atoms with van der Waals surface area (Å²) in [4.78, 5) is 16.3. The first kappa shape index (κ1) is 16.4. The van der Waals surface area contributed by atoms with Gasteiger partial charge in [0.2, 0.25) is 5.91 Å². The van der Waals surface area contributed by atoms with E-state index in [1.807, 2.05) is 35.0 Å². The van der Waals surface area contributed by atoms with E-state index in [0.717, 1.165) is 15.8 Å². The minimum atomic E-state index is -0.369. The van der Waals surface area contributed by atoms with E-state index in [2.05, 4.69) is 26.2 Å². The second-order valence-corrected chi connectivity index (χ2v) is 6.15. The number of hydrogen-bond donors (Lipinski definition) is 1. The molecular weight excluding hydrogens is 373 g/mol. The van der Waals surface area contributed by atoms with Crippen molar-refractivity contribution < 1.29 is 9.18 Å². The van der Waals surface area contributed by atoms with Crippen LogP contribution in [0, 0.1) is 5.82 Å². The molecule has 1 amide bonds. The van der Waals surface area contributed by atoms with Gasteiger partial charge in [-0.2, -0.15) is 0 Å². The Morgan fingerprint density at radius 2 is 2.21 bits per heavy atom. The predicted molar refractivity (Wildman–Crippen MR) is 95.0 cm³/mol. The molecule has 2 aromatic heterocycles. The van der Waals surface area contributed by atoms with Gasteiger partial charge in [0.25, 0.3) is 0 Å². The number of carbonyl (C=O) groups is 1. The average Bonchev–Trinajstić information content (AvgIpc) is 2.98. The molecule has 0 spiro atoms. The first-order chi connectivity index (χ1) is 11.6. The number of aromatic nitrogens is 2. The summed E-state index contributed by atoms with van der Waals surface area (Å²) in [6.45, 7) is 0.466. The molecule has 0 aliphatic heterocycles. The Morgan fingerprint density at radius 3 is 3.04 bits per heavy atom. The summed E-state index contributed by atoms with van der Waals surface area (Å²) in [6, 6.07) is 10.4. The van der Waals surface area contributed by atoms with E-state index in [1.165, 1.54) is 18.2 Å². The molecule has 3 rings (SSSR count). The fourth-order valence-electron chi connectivity index (χ4n) is 2.29. The quantitative estimate of drug-likeness (QED) is 0.679. The molecule has 0 unspecified atom stereocenters. The van der Waals surface area contributed by atoms with Crippen LogP contribution < -0.4 is 5.32 Å².